The second-order valence-electron chi connectivity index (χ2n) is 7.84. The van der Waals surface area contributed by atoms with Gasteiger partial charge in [0.05, 0.1) is 0 Å². The predicted molar refractivity (Wildman–Crippen MR) is 108 cm³/mol. The van der Waals surface area contributed by atoms with Crippen LogP contribution < -0.4 is 10.1 Å². The van der Waals surface area contributed by atoms with Gasteiger partial charge in [0.15, 0.2) is 0 Å². The fourth-order valence-corrected chi connectivity index (χ4v) is 3.90. The Balaban J connectivity index is 1.26. The summed E-state index contributed by atoms with van der Waals surface area (Å²) in [5, 5.41) is 14.1. The minimum Gasteiger partial charge on any atom is -0.491 e. The van der Waals surface area contributed by atoms with Crippen molar-refractivity contribution in [1.82, 2.24) is 10.2 Å². The topological polar surface area (TPSA) is 44.7 Å². The van der Waals surface area contributed by atoms with E-state index in [1.54, 1.807) is 0 Å². The number of β-amino-alcohol motifs (C(OH)–C–C–N with tert-alkyl or cyclic N) is 1. The molecule has 4 nitrogen and oxygen atoms in total. The molecule has 4 heteroatoms. The average Bonchev–Trinajstić information content (AvgIpc) is 2.66. The minimum atomic E-state index is -0.483. The molecule has 0 spiro atoms. The number of hydrogen-bond acceptors (Lipinski definition) is 4. The van der Waals surface area contributed by atoms with Crippen LogP contribution in [0.1, 0.15) is 36.0 Å². The molecule has 1 aliphatic carbocycles. The summed E-state index contributed by atoms with van der Waals surface area (Å²) >= 11 is 0. The molecule has 0 aromatic heterocycles. The lowest BCUT2D eigenvalue weighted by molar-refractivity contribution is 0.0634. The van der Waals surface area contributed by atoms with Gasteiger partial charge in [-0.15, -0.1) is 0 Å². The Kier molecular flexibility index (Phi) is 6.07. The highest BCUT2D eigenvalue weighted by molar-refractivity contribution is 5.33. The summed E-state index contributed by atoms with van der Waals surface area (Å²) in [6.07, 6.45) is 4.46. The van der Waals surface area contributed by atoms with Gasteiger partial charge in [0.1, 0.15) is 18.5 Å². The lowest BCUT2D eigenvalue weighted by atomic mass is 9.93. The Labute approximate surface area is 162 Å². The highest BCUT2D eigenvalue weighted by Crippen LogP contribution is 2.22. The average molecular weight is 367 g/mol. The van der Waals surface area contributed by atoms with Gasteiger partial charge in [-0.25, -0.2) is 0 Å². The standard InChI is InChI=1S/C23H30N2O2/c26-22(16-25-13-12-18-6-1-2-8-20(18)15-25)17-27-23-11-4-3-7-19(23)14-24-21-9-5-10-21/h1-4,6-8,11,21-22,24,26H,5,9-10,12-17H2/t22-/m1/s1. The summed E-state index contributed by atoms with van der Waals surface area (Å²) in [6.45, 7) is 3.72. The SMILES string of the molecule is O[C@@H](COc1ccccc1CNC1CCC1)CN1CCc2ccccc2C1. The molecule has 0 radical (unpaired) electrons. The fraction of sp³-hybridized carbons (Fsp3) is 0.478. The maximum Gasteiger partial charge on any atom is 0.123 e. The Morgan fingerprint density at radius 1 is 1.07 bits per heavy atom. The zero-order chi connectivity index (χ0) is 18.5. The molecule has 0 unspecified atom stereocenters. The lowest BCUT2D eigenvalue weighted by Gasteiger charge is -2.30. The zero-order valence-corrected chi connectivity index (χ0v) is 15.9. The molecule has 4 rings (SSSR count). The molecule has 144 valence electrons. The number of nitrogens with zero attached hydrogens (tertiary/aromatic N) is 1. The first-order valence-corrected chi connectivity index (χ1v) is 10.2. The van der Waals surface area contributed by atoms with Crippen LogP contribution in [0.25, 0.3) is 0 Å². The Morgan fingerprint density at radius 2 is 1.85 bits per heavy atom. The van der Waals surface area contributed by atoms with E-state index >= 15 is 0 Å². The molecule has 0 amide bonds. The van der Waals surface area contributed by atoms with Crippen LogP contribution in [0.3, 0.4) is 0 Å². The van der Waals surface area contributed by atoms with E-state index in [0.717, 1.165) is 31.8 Å². The van der Waals surface area contributed by atoms with Crippen LogP contribution in [-0.2, 0) is 19.5 Å². The third-order valence-electron chi connectivity index (χ3n) is 5.77. The van der Waals surface area contributed by atoms with Crippen LogP contribution >= 0.6 is 0 Å². The molecule has 2 aromatic rings. The van der Waals surface area contributed by atoms with Gasteiger partial charge in [-0.2, -0.15) is 0 Å². The number of nitrogens with one attached hydrogen (secondary N) is 1. The van der Waals surface area contributed by atoms with Crippen LogP contribution in [0.2, 0.25) is 0 Å². The number of fused-ring (bicyclic) bond motifs is 1. The first-order chi connectivity index (χ1) is 13.3. The molecule has 0 saturated heterocycles. The number of aliphatic hydroxyl groups excluding tert-OH is 1. The number of rotatable bonds is 8. The molecule has 1 saturated carbocycles. The third kappa shape index (κ3) is 4.89. The summed E-state index contributed by atoms with van der Waals surface area (Å²) < 4.78 is 5.98. The summed E-state index contributed by atoms with van der Waals surface area (Å²) in [6, 6.07) is 17.4. The molecule has 2 aliphatic rings. The first-order valence-electron chi connectivity index (χ1n) is 10.2. The van der Waals surface area contributed by atoms with E-state index in [2.05, 4.69) is 40.5 Å². The van der Waals surface area contributed by atoms with Gasteiger partial charge in [0, 0.05) is 37.8 Å². The number of para-hydroxylation sites is 1. The zero-order valence-electron chi connectivity index (χ0n) is 15.9. The normalized spacial score (nSPS) is 18.6. The predicted octanol–water partition coefficient (Wildman–Crippen LogP) is 3.13. The molecular formula is C23H30N2O2. The summed E-state index contributed by atoms with van der Waals surface area (Å²) in [5.41, 5.74) is 3.99. The van der Waals surface area contributed by atoms with Crippen molar-refractivity contribution < 1.29 is 9.84 Å². The fourth-order valence-electron chi connectivity index (χ4n) is 3.90. The van der Waals surface area contributed by atoms with Crippen LogP contribution in [0.5, 0.6) is 5.75 Å². The molecule has 1 heterocycles. The first kappa shape index (κ1) is 18.5. The highest BCUT2D eigenvalue weighted by atomic mass is 16.5. The van der Waals surface area contributed by atoms with E-state index in [4.69, 9.17) is 4.74 Å². The Hall–Kier alpha value is -1.88. The maximum atomic E-state index is 10.5. The number of hydrogen-bond donors (Lipinski definition) is 2. The van der Waals surface area contributed by atoms with Crippen LogP contribution in [-0.4, -0.2) is 41.8 Å². The molecule has 0 bridgehead atoms. The highest BCUT2D eigenvalue weighted by Gasteiger charge is 2.19. The van der Waals surface area contributed by atoms with Crippen LogP contribution in [0.15, 0.2) is 48.5 Å². The summed E-state index contributed by atoms with van der Waals surface area (Å²) in [4.78, 5) is 2.32. The number of aliphatic hydroxyl groups is 1. The molecule has 1 atom stereocenters. The summed E-state index contributed by atoms with van der Waals surface area (Å²) in [7, 11) is 0. The van der Waals surface area contributed by atoms with Crippen molar-refractivity contribution >= 4 is 0 Å². The van der Waals surface area contributed by atoms with Crippen molar-refractivity contribution in [2.24, 2.45) is 0 Å². The van der Waals surface area contributed by atoms with Crippen LogP contribution in [0, 0.1) is 0 Å². The van der Waals surface area contributed by atoms with Gasteiger partial charge in [-0.05, 0) is 36.5 Å². The van der Waals surface area contributed by atoms with Crippen molar-refractivity contribution in [2.75, 3.05) is 19.7 Å². The van der Waals surface area contributed by atoms with Gasteiger partial charge >= 0.3 is 0 Å². The van der Waals surface area contributed by atoms with Crippen LogP contribution in [0.4, 0.5) is 0 Å². The van der Waals surface area contributed by atoms with E-state index < -0.39 is 6.10 Å². The van der Waals surface area contributed by atoms with E-state index in [1.807, 2.05) is 18.2 Å². The van der Waals surface area contributed by atoms with E-state index in [9.17, 15) is 5.11 Å². The molecule has 1 aliphatic heterocycles. The van der Waals surface area contributed by atoms with Gasteiger partial charge in [0.2, 0.25) is 0 Å². The van der Waals surface area contributed by atoms with Crippen molar-refractivity contribution in [2.45, 2.75) is 50.9 Å². The molecule has 1 fully saturated rings. The second kappa shape index (κ2) is 8.87. The molecular weight excluding hydrogens is 336 g/mol. The largest absolute Gasteiger partial charge is 0.491 e. The third-order valence-corrected chi connectivity index (χ3v) is 5.77. The van der Waals surface area contributed by atoms with E-state index in [-0.39, 0.29) is 0 Å². The van der Waals surface area contributed by atoms with Crippen molar-refractivity contribution in [3.63, 3.8) is 0 Å². The van der Waals surface area contributed by atoms with Gasteiger partial charge in [0.25, 0.3) is 0 Å². The number of benzene rings is 2. The van der Waals surface area contributed by atoms with Gasteiger partial charge in [-0.3, -0.25) is 4.90 Å². The van der Waals surface area contributed by atoms with Gasteiger partial charge < -0.3 is 15.2 Å². The van der Waals surface area contributed by atoms with Crippen molar-refractivity contribution in [1.29, 1.82) is 0 Å². The Bertz CT molecular complexity index is 745. The monoisotopic (exact) mass is 366 g/mol. The minimum absolute atomic E-state index is 0.332. The quantitative estimate of drug-likeness (QED) is 0.753. The van der Waals surface area contributed by atoms with E-state index in [0.29, 0.717) is 19.2 Å². The Morgan fingerprint density at radius 3 is 2.67 bits per heavy atom. The smallest absolute Gasteiger partial charge is 0.123 e. The van der Waals surface area contributed by atoms with Crippen molar-refractivity contribution in [3.05, 3.63) is 65.2 Å². The second-order valence-corrected chi connectivity index (χ2v) is 7.84. The van der Waals surface area contributed by atoms with Crippen molar-refractivity contribution in [3.8, 4) is 5.75 Å². The lowest BCUT2D eigenvalue weighted by Crippen LogP contribution is -2.39. The molecule has 27 heavy (non-hydrogen) atoms. The molecule has 2 N–H and O–H groups in total. The van der Waals surface area contributed by atoms with Gasteiger partial charge in [-0.1, -0.05) is 48.9 Å². The number of ether oxygens (including phenoxy) is 1. The maximum absolute atomic E-state index is 10.5. The summed E-state index contributed by atoms with van der Waals surface area (Å²) in [5.74, 6) is 0.882. The molecule has 2 aromatic carbocycles. The van der Waals surface area contributed by atoms with E-state index in [1.165, 1.54) is 36.0 Å².